The van der Waals surface area contributed by atoms with Gasteiger partial charge in [-0.2, -0.15) is 0 Å². The summed E-state index contributed by atoms with van der Waals surface area (Å²) in [4.78, 5) is 11.4. The predicted molar refractivity (Wildman–Crippen MR) is 54.8 cm³/mol. The molecule has 14 heavy (non-hydrogen) atoms. The van der Waals surface area contributed by atoms with Gasteiger partial charge in [0.15, 0.2) is 0 Å². The van der Waals surface area contributed by atoms with E-state index in [0.29, 0.717) is 6.42 Å². The van der Waals surface area contributed by atoms with E-state index in [-0.39, 0.29) is 24.1 Å². The van der Waals surface area contributed by atoms with Crippen LogP contribution in [-0.4, -0.2) is 30.7 Å². The summed E-state index contributed by atoms with van der Waals surface area (Å²) in [6.07, 6.45) is 2.33. The lowest BCUT2D eigenvalue weighted by molar-refractivity contribution is -0.122. The van der Waals surface area contributed by atoms with Crippen LogP contribution in [0.3, 0.4) is 0 Å². The third kappa shape index (κ3) is 3.64. The largest absolute Gasteiger partial charge is 0.376 e. The summed E-state index contributed by atoms with van der Waals surface area (Å²) >= 11 is 0. The Balaban J connectivity index is 2.19. The molecule has 1 aliphatic rings. The standard InChI is InChI=1S/C10H20N2O2/c1-7(11)3-4-10(13)12-9-5-6-14-8(9)2/h7-9H,3-6,11H2,1-2H3,(H,12,13). The maximum Gasteiger partial charge on any atom is 0.220 e. The summed E-state index contributed by atoms with van der Waals surface area (Å²) in [7, 11) is 0. The molecule has 0 aliphatic carbocycles. The highest BCUT2D eigenvalue weighted by Gasteiger charge is 2.25. The van der Waals surface area contributed by atoms with E-state index in [1.54, 1.807) is 0 Å². The number of ether oxygens (including phenoxy) is 1. The van der Waals surface area contributed by atoms with Crippen LogP contribution in [0.15, 0.2) is 0 Å². The van der Waals surface area contributed by atoms with Crippen LogP contribution in [0.1, 0.15) is 33.1 Å². The number of nitrogens with one attached hydrogen (secondary N) is 1. The van der Waals surface area contributed by atoms with Gasteiger partial charge in [-0.25, -0.2) is 0 Å². The number of amides is 1. The highest BCUT2D eigenvalue weighted by Crippen LogP contribution is 2.12. The molecule has 0 aromatic rings. The second-order valence-electron chi connectivity index (χ2n) is 4.05. The molecule has 82 valence electrons. The Morgan fingerprint density at radius 3 is 2.93 bits per heavy atom. The third-order valence-electron chi connectivity index (χ3n) is 2.55. The Morgan fingerprint density at radius 2 is 2.43 bits per heavy atom. The van der Waals surface area contributed by atoms with Crippen LogP contribution in [0.5, 0.6) is 0 Å². The number of rotatable bonds is 4. The van der Waals surface area contributed by atoms with Crippen LogP contribution in [0, 0.1) is 0 Å². The molecule has 1 amide bonds. The third-order valence-corrected chi connectivity index (χ3v) is 2.55. The molecule has 0 radical (unpaired) electrons. The average molecular weight is 200 g/mol. The average Bonchev–Trinajstić information content (AvgIpc) is 2.49. The topological polar surface area (TPSA) is 64.4 Å². The van der Waals surface area contributed by atoms with Gasteiger partial charge in [-0.05, 0) is 26.7 Å². The van der Waals surface area contributed by atoms with Gasteiger partial charge in [0, 0.05) is 19.1 Å². The van der Waals surface area contributed by atoms with Crippen LogP contribution >= 0.6 is 0 Å². The molecule has 4 nitrogen and oxygen atoms in total. The van der Waals surface area contributed by atoms with Crippen molar-refractivity contribution in [3.63, 3.8) is 0 Å². The Labute approximate surface area is 85.2 Å². The van der Waals surface area contributed by atoms with E-state index in [2.05, 4.69) is 5.32 Å². The van der Waals surface area contributed by atoms with Crippen molar-refractivity contribution in [1.29, 1.82) is 0 Å². The lowest BCUT2D eigenvalue weighted by Crippen LogP contribution is -2.39. The smallest absolute Gasteiger partial charge is 0.220 e. The summed E-state index contributed by atoms with van der Waals surface area (Å²) in [6, 6.07) is 0.286. The summed E-state index contributed by atoms with van der Waals surface area (Å²) in [5.74, 6) is 0.0876. The molecule has 1 saturated heterocycles. The first-order chi connectivity index (χ1) is 6.59. The second kappa shape index (κ2) is 5.32. The minimum Gasteiger partial charge on any atom is -0.376 e. The number of hydrogen-bond donors (Lipinski definition) is 2. The number of carbonyl (C=O) groups is 1. The lowest BCUT2D eigenvalue weighted by Gasteiger charge is -2.16. The van der Waals surface area contributed by atoms with Crippen molar-refractivity contribution in [3.05, 3.63) is 0 Å². The van der Waals surface area contributed by atoms with Crippen LogP contribution < -0.4 is 11.1 Å². The number of hydrogen-bond acceptors (Lipinski definition) is 3. The molecule has 0 spiro atoms. The first-order valence-electron chi connectivity index (χ1n) is 5.26. The van der Waals surface area contributed by atoms with Gasteiger partial charge in [-0.1, -0.05) is 0 Å². The Bertz CT molecular complexity index is 195. The molecule has 0 aromatic heterocycles. The Morgan fingerprint density at radius 1 is 1.71 bits per heavy atom. The van der Waals surface area contributed by atoms with Crippen molar-refractivity contribution in [2.24, 2.45) is 5.73 Å². The van der Waals surface area contributed by atoms with Gasteiger partial charge in [0.2, 0.25) is 5.91 Å². The van der Waals surface area contributed by atoms with Gasteiger partial charge in [-0.3, -0.25) is 4.79 Å². The van der Waals surface area contributed by atoms with Gasteiger partial charge in [0.05, 0.1) is 12.1 Å². The first kappa shape index (κ1) is 11.5. The molecule has 0 aromatic carbocycles. The molecule has 1 fully saturated rings. The fourth-order valence-electron chi connectivity index (χ4n) is 1.56. The number of nitrogens with two attached hydrogens (primary N) is 1. The normalized spacial score (nSPS) is 28.8. The SMILES string of the molecule is CC(N)CCC(=O)NC1CCOC1C. The zero-order chi connectivity index (χ0) is 10.6. The predicted octanol–water partition coefficient (Wildman–Crippen LogP) is 0.407. The van der Waals surface area contributed by atoms with Crippen LogP contribution in [-0.2, 0) is 9.53 Å². The molecule has 0 saturated carbocycles. The molecule has 3 atom stereocenters. The fraction of sp³-hybridized carbons (Fsp3) is 0.900. The van der Waals surface area contributed by atoms with Crippen molar-refractivity contribution >= 4 is 5.91 Å². The van der Waals surface area contributed by atoms with Crippen molar-refractivity contribution in [3.8, 4) is 0 Å². The van der Waals surface area contributed by atoms with E-state index < -0.39 is 0 Å². The molecular weight excluding hydrogens is 180 g/mol. The van der Waals surface area contributed by atoms with Gasteiger partial charge in [-0.15, -0.1) is 0 Å². The molecule has 3 N–H and O–H groups in total. The van der Waals surface area contributed by atoms with Crippen molar-refractivity contribution in [2.75, 3.05) is 6.61 Å². The Kier molecular flexibility index (Phi) is 4.35. The minimum absolute atomic E-state index is 0.0876. The van der Waals surface area contributed by atoms with Gasteiger partial charge >= 0.3 is 0 Å². The summed E-state index contributed by atoms with van der Waals surface area (Å²) in [6.45, 7) is 4.65. The Hall–Kier alpha value is -0.610. The minimum atomic E-state index is 0.0876. The monoisotopic (exact) mass is 200 g/mol. The van der Waals surface area contributed by atoms with Crippen LogP contribution in [0.4, 0.5) is 0 Å². The second-order valence-corrected chi connectivity index (χ2v) is 4.05. The van der Waals surface area contributed by atoms with E-state index in [0.717, 1.165) is 19.4 Å². The van der Waals surface area contributed by atoms with Gasteiger partial charge < -0.3 is 15.8 Å². The van der Waals surface area contributed by atoms with E-state index in [4.69, 9.17) is 10.5 Å². The highest BCUT2D eigenvalue weighted by molar-refractivity contribution is 5.76. The van der Waals surface area contributed by atoms with Crippen molar-refractivity contribution in [1.82, 2.24) is 5.32 Å². The molecule has 1 heterocycles. The summed E-state index contributed by atoms with van der Waals surface area (Å²) < 4.78 is 5.35. The van der Waals surface area contributed by atoms with E-state index in [1.807, 2.05) is 13.8 Å². The van der Waals surface area contributed by atoms with E-state index >= 15 is 0 Å². The first-order valence-corrected chi connectivity index (χ1v) is 5.26. The highest BCUT2D eigenvalue weighted by atomic mass is 16.5. The zero-order valence-corrected chi connectivity index (χ0v) is 8.95. The molecule has 1 aliphatic heterocycles. The summed E-state index contributed by atoms with van der Waals surface area (Å²) in [5.41, 5.74) is 5.57. The maximum atomic E-state index is 11.4. The van der Waals surface area contributed by atoms with Crippen LogP contribution in [0.25, 0.3) is 0 Å². The summed E-state index contributed by atoms with van der Waals surface area (Å²) in [5, 5.41) is 2.96. The molecule has 4 heteroatoms. The molecule has 3 unspecified atom stereocenters. The molecular formula is C10H20N2O2. The molecule has 1 rings (SSSR count). The van der Waals surface area contributed by atoms with Gasteiger partial charge in [0.25, 0.3) is 0 Å². The van der Waals surface area contributed by atoms with Gasteiger partial charge in [0.1, 0.15) is 0 Å². The fourth-order valence-corrected chi connectivity index (χ4v) is 1.56. The van der Waals surface area contributed by atoms with Crippen LogP contribution in [0.2, 0.25) is 0 Å². The quantitative estimate of drug-likeness (QED) is 0.690. The maximum absolute atomic E-state index is 11.4. The van der Waals surface area contributed by atoms with Crippen molar-refractivity contribution < 1.29 is 9.53 Å². The number of carbonyl (C=O) groups excluding carboxylic acids is 1. The van der Waals surface area contributed by atoms with E-state index in [1.165, 1.54) is 0 Å². The molecule has 0 bridgehead atoms. The lowest BCUT2D eigenvalue weighted by atomic mass is 10.1. The van der Waals surface area contributed by atoms with Crippen molar-refractivity contribution in [2.45, 2.75) is 51.3 Å². The zero-order valence-electron chi connectivity index (χ0n) is 8.95. The van der Waals surface area contributed by atoms with E-state index in [9.17, 15) is 4.79 Å².